The molecule has 0 aromatic carbocycles. The summed E-state index contributed by atoms with van der Waals surface area (Å²) in [5.74, 6) is -5.18. The zero-order chi connectivity index (χ0) is 14.3. The van der Waals surface area contributed by atoms with Crippen LogP contribution in [0.3, 0.4) is 0 Å². The fraction of sp³-hybridized carbons (Fsp3) is 0.333. The first-order valence-corrected chi connectivity index (χ1v) is 5.21. The molecule has 0 aliphatic carbocycles. The molecule has 0 saturated heterocycles. The number of carbonyl (C=O) groups is 4. The molecule has 0 aliphatic heterocycles. The van der Waals surface area contributed by atoms with Gasteiger partial charge in [-0.05, 0) is 12.8 Å². The first-order chi connectivity index (χ1) is 8.33. The van der Waals surface area contributed by atoms with E-state index in [0.717, 1.165) is 0 Å². The van der Waals surface area contributed by atoms with E-state index in [-0.39, 0.29) is 24.0 Å². The van der Waals surface area contributed by atoms with Crippen molar-refractivity contribution >= 4 is 23.9 Å². The molecule has 0 spiro atoms. The van der Waals surface area contributed by atoms with Crippen LogP contribution in [0.25, 0.3) is 0 Å². The van der Waals surface area contributed by atoms with Crippen LogP contribution in [0.1, 0.15) is 26.7 Å². The second-order valence-corrected chi connectivity index (χ2v) is 3.27. The molecule has 6 heteroatoms. The second kappa shape index (κ2) is 7.16. The minimum absolute atomic E-state index is 0.0282. The van der Waals surface area contributed by atoms with Crippen LogP contribution in [0.4, 0.5) is 0 Å². The molecule has 6 nitrogen and oxygen atoms in total. The van der Waals surface area contributed by atoms with Gasteiger partial charge in [0.05, 0.1) is 0 Å². The number of hydrogen-bond acceptors (Lipinski definition) is 6. The monoisotopic (exact) mass is 254 g/mol. The van der Waals surface area contributed by atoms with Gasteiger partial charge in [-0.15, -0.1) is 0 Å². The summed E-state index contributed by atoms with van der Waals surface area (Å²) in [6, 6.07) is 0. The summed E-state index contributed by atoms with van der Waals surface area (Å²) in [5, 5.41) is 0. The van der Waals surface area contributed by atoms with E-state index in [1.165, 1.54) is 0 Å². The molecule has 0 N–H and O–H groups in total. The van der Waals surface area contributed by atoms with Gasteiger partial charge < -0.3 is 9.47 Å². The fourth-order valence-corrected chi connectivity index (χ4v) is 0.685. The smallest absolute Gasteiger partial charge is 0.381 e. The topological polar surface area (TPSA) is 86.7 Å². The van der Waals surface area contributed by atoms with E-state index in [2.05, 4.69) is 22.6 Å². The van der Waals surface area contributed by atoms with Gasteiger partial charge >= 0.3 is 23.9 Å². The highest BCUT2D eigenvalue weighted by Gasteiger charge is 2.25. The van der Waals surface area contributed by atoms with Crippen molar-refractivity contribution in [3.63, 3.8) is 0 Å². The molecule has 0 aromatic heterocycles. The number of hydrogen-bond donors (Lipinski definition) is 0. The molecule has 0 aromatic rings. The SMILES string of the molecule is C=C(CC)C(=O)OC(=O)C(=O)OC(=O)C(=C)CC. The highest BCUT2D eigenvalue weighted by Crippen LogP contribution is 2.03. The van der Waals surface area contributed by atoms with Gasteiger partial charge in [0.1, 0.15) is 0 Å². The Kier molecular flexibility index (Phi) is 6.27. The van der Waals surface area contributed by atoms with Crippen molar-refractivity contribution in [3.8, 4) is 0 Å². The Morgan fingerprint density at radius 1 is 0.722 bits per heavy atom. The summed E-state index contributed by atoms with van der Waals surface area (Å²) in [6.07, 6.45) is 0.541. The molecule has 0 atom stereocenters. The Balaban J connectivity index is 4.41. The van der Waals surface area contributed by atoms with Crippen LogP contribution >= 0.6 is 0 Å². The molecule has 0 rings (SSSR count). The van der Waals surface area contributed by atoms with Crippen molar-refractivity contribution in [2.24, 2.45) is 0 Å². The van der Waals surface area contributed by atoms with E-state index >= 15 is 0 Å². The lowest BCUT2D eigenvalue weighted by Crippen LogP contribution is -2.26. The molecule has 0 heterocycles. The molecule has 98 valence electrons. The van der Waals surface area contributed by atoms with E-state index in [1.54, 1.807) is 13.8 Å². The third-order valence-corrected chi connectivity index (χ3v) is 1.97. The first-order valence-electron chi connectivity index (χ1n) is 5.21. The number of rotatable bonds is 4. The van der Waals surface area contributed by atoms with Gasteiger partial charge in [0.25, 0.3) is 0 Å². The maximum absolute atomic E-state index is 11.1. The van der Waals surface area contributed by atoms with Crippen LogP contribution in [0.2, 0.25) is 0 Å². The van der Waals surface area contributed by atoms with Crippen molar-refractivity contribution < 1.29 is 28.7 Å². The number of carbonyl (C=O) groups excluding carboxylic acids is 4. The Labute approximate surface area is 104 Å². The third kappa shape index (κ3) is 4.73. The summed E-state index contributed by atoms with van der Waals surface area (Å²) in [7, 11) is 0. The summed E-state index contributed by atoms with van der Waals surface area (Å²) in [6.45, 7) is 9.91. The molecule has 0 aliphatic rings. The van der Waals surface area contributed by atoms with E-state index in [0.29, 0.717) is 0 Å². The zero-order valence-corrected chi connectivity index (χ0v) is 10.3. The van der Waals surface area contributed by atoms with Gasteiger partial charge in [0, 0.05) is 11.1 Å². The largest absolute Gasteiger partial charge is 0.425 e. The lowest BCUT2D eigenvalue weighted by atomic mass is 10.2. The molecule has 0 amide bonds. The van der Waals surface area contributed by atoms with Gasteiger partial charge in [-0.25, -0.2) is 19.2 Å². The Morgan fingerprint density at radius 2 is 1.00 bits per heavy atom. The molecule has 0 unspecified atom stereocenters. The van der Waals surface area contributed by atoms with Crippen molar-refractivity contribution in [3.05, 3.63) is 24.3 Å². The van der Waals surface area contributed by atoms with Crippen molar-refractivity contribution in [1.82, 2.24) is 0 Å². The summed E-state index contributed by atoms with van der Waals surface area (Å²) < 4.78 is 8.29. The maximum Gasteiger partial charge on any atom is 0.425 e. The maximum atomic E-state index is 11.1. The second-order valence-electron chi connectivity index (χ2n) is 3.27. The van der Waals surface area contributed by atoms with Crippen LogP contribution in [0.5, 0.6) is 0 Å². The van der Waals surface area contributed by atoms with Gasteiger partial charge in [-0.1, -0.05) is 27.0 Å². The van der Waals surface area contributed by atoms with Crippen molar-refractivity contribution in [1.29, 1.82) is 0 Å². The fourth-order valence-electron chi connectivity index (χ4n) is 0.685. The Bertz CT molecular complexity index is 378. The molecular weight excluding hydrogens is 240 g/mol. The molecule has 0 bridgehead atoms. The standard InChI is InChI=1S/C12H14O6/c1-5-7(3)9(13)17-11(15)12(16)18-10(14)8(4)6-2/h3-6H2,1-2H3. The third-order valence-electron chi connectivity index (χ3n) is 1.97. The van der Waals surface area contributed by atoms with Crippen LogP contribution in [-0.4, -0.2) is 23.9 Å². The first kappa shape index (κ1) is 15.8. The summed E-state index contributed by atoms with van der Waals surface area (Å²) >= 11 is 0. The minimum Gasteiger partial charge on any atom is -0.381 e. The van der Waals surface area contributed by atoms with E-state index in [4.69, 9.17) is 0 Å². The van der Waals surface area contributed by atoms with Crippen LogP contribution < -0.4 is 0 Å². The van der Waals surface area contributed by atoms with Gasteiger partial charge in [-0.3, -0.25) is 0 Å². The lowest BCUT2D eigenvalue weighted by Gasteiger charge is -2.04. The van der Waals surface area contributed by atoms with Crippen LogP contribution in [0.15, 0.2) is 24.3 Å². The van der Waals surface area contributed by atoms with Crippen molar-refractivity contribution in [2.75, 3.05) is 0 Å². The van der Waals surface area contributed by atoms with Gasteiger partial charge in [0.2, 0.25) is 0 Å². The predicted molar refractivity (Wildman–Crippen MR) is 61.1 cm³/mol. The van der Waals surface area contributed by atoms with Gasteiger partial charge in [0.15, 0.2) is 0 Å². The Hall–Kier alpha value is -2.24. The molecule has 0 radical (unpaired) electrons. The summed E-state index contributed by atoms with van der Waals surface area (Å²) in [4.78, 5) is 44.4. The zero-order valence-electron chi connectivity index (χ0n) is 10.3. The van der Waals surface area contributed by atoms with Crippen molar-refractivity contribution in [2.45, 2.75) is 26.7 Å². The van der Waals surface area contributed by atoms with Gasteiger partial charge in [-0.2, -0.15) is 0 Å². The highest BCUT2D eigenvalue weighted by atomic mass is 16.6. The quantitative estimate of drug-likeness (QED) is 0.322. The van der Waals surface area contributed by atoms with E-state index < -0.39 is 23.9 Å². The predicted octanol–water partition coefficient (Wildman–Crippen LogP) is 1.06. The number of esters is 4. The minimum atomic E-state index is -1.56. The molecule has 0 saturated carbocycles. The van der Waals surface area contributed by atoms with E-state index in [1.807, 2.05) is 0 Å². The normalized spacial score (nSPS) is 9.22. The number of ether oxygens (including phenoxy) is 2. The van der Waals surface area contributed by atoms with E-state index in [9.17, 15) is 19.2 Å². The average molecular weight is 254 g/mol. The van der Waals surface area contributed by atoms with Crippen LogP contribution in [0, 0.1) is 0 Å². The molecular formula is C12H14O6. The lowest BCUT2D eigenvalue weighted by molar-refractivity contribution is -0.175. The molecule has 18 heavy (non-hydrogen) atoms. The highest BCUT2D eigenvalue weighted by molar-refractivity contribution is 6.34. The van der Waals surface area contributed by atoms with Crippen LogP contribution in [-0.2, 0) is 28.7 Å². The average Bonchev–Trinajstić information content (AvgIpc) is 2.35. The summed E-state index contributed by atoms with van der Waals surface area (Å²) in [5.41, 5.74) is 0.0564. The Morgan fingerprint density at radius 3 is 1.22 bits per heavy atom. The molecule has 0 fully saturated rings.